The smallest absolute Gasteiger partial charge is 0.429 e. The number of benzene rings is 5. The van der Waals surface area contributed by atoms with Gasteiger partial charge in [-0.3, -0.25) is 0 Å². The van der Waals surface area contributed by atoms with Crippen molar-refractivity contribution >= 4 is 58.1 Å². The molecular weight excluding hydrogens is 895 g/mol. The maximum atomic E-state index is 15.4. The summed E-state index contributed by atoms with van der Waals surface area (Å²) in [5.41, 5.74) is 2.46. The molecule has 2 aliphatic rings. The highest BCUT2D eigenvalue weighted by Crippen LogP contribution is 2.52. The second kappa shape index (κ2) is 17.0. The van der Waals surface area contributed by atoms with Crippen LogP contribution in [0, 0.1) is 0 Å². The molecule has 0 spiro atoms. The number of rotatable bonds is 15. The number of sulfonamides is 3. The number of anilines is 2. The summed E-state index contributed by atoms with van der Waals surface area (Å²) in [7, 11) is -19.6. The lowest BCUT2D eigenvalue weighted by atomic mass is 9.93. The van der Waals surface area contributed by atoms with Crippen LogP contribution in [0.15, 0.2) is 131 Å². The Kier molecular flexibility index (Phi) is 12.8. The molecular formula is C43H43F6N4O7S3+. The number of para-hydroxylation sites is 2. The van der Waals surface area contributed by atoms with Gasteiger partial charge in [-0.1, -0.05) is 65.6 Å². The van der Waals surface area contributed by atoms with Gasteiger partial charge in [0.1, 0.15) is 11.3 Å². The molecule has 11 nitrogen and oxygen atoms in total. The predicted molar refractivity (Wildman–Crippen MR) is 230 cm³/mol. The molecule has 1 heterocycles. The molecule has 0 aromatic heterocycles. The Morgan fingerprint density at radius 3 is 1.86 bits per heavy atom. The molecule has 0 fully saturated rings. The van der Waals surface area contributed by atoms with Crippen molar-refractivity contribution in [3.8, 4) is 22.5 Å². The van der Waals surface area contributed by atoms with E-state index in [9.17, 15) is 34.0 Å². The lowest BCUT2D eigenvalue weighted by molar-refractivity contribution is -0.245. The molecule has 20 heteroatoms. The van der Waals surface area contributed by atoms with E-state index in [-0.39, 0.29) is 49.8 Å². The fourth-order valence-electron chi connectivity index (χ4n) is 7.14. The lowest BCUT2D eigenvalue weighted by Gasteiger charge is -2.33. The summed E-state index contributed by atoms with van der Waals surface area (Å²) >= 11 is 0. The van der Waals surface area contributed by atoms with Crippen molar-refractivity contribution in [1.29, 1.82) is 0 Å². The molecule has 0 amide bonds. The molecule has 1 aliphatic heterocycles. The Hall–Kier alpha value is -5.28. The van der Waals surface area contributed by atoms with Gasteiger partial charge in [-0.15, -0.1) is 0 Å². The summed E-state index contributed by atoms with van der Waals surface area (Å²) in [5, 5.41) is -12.9. The zero-order chi connectivity index (χ0) is 46.5. The summed E-state index contributed by atoms with van der Waals surface area (Å²) in [4.78, 5) is 0.963. The molecule has 4 aromatic rings. The average molecular weight is 938 g/mol. The molecule has 0 saturated heterocycles. The van der Waals surface area contributed by atoms with E-state index in [0.29, 0.717) is 22.2 Å². The second-order valence-electron chi connectivity index (χ2n) is 15.1. The van der Waals surface area contributed by atoms with Gasteiger partial charge in [-0.2, -0.15) is 35.2 Å². The van der Waals surface area contributed by atoms with Crippen LogP contribution in [0.25, 0.3) is 33.4 Å². The van der Waals surface area contributed by atoms with Crippen LogP contribution in [0.1, 0.15) is 34.6 Å². The molecule has 6 rings (SSSR count). The molecule has 1 aliphatic carbocycles. The third-order valence-electron chi connectivity index (χ3n) is 10.3. The zero-order valence-corrected chi connectivity index (χ0v) is 37.1. The standard InChI is InChI=1S/C43H43F6N4O7S3/c1-7-51(6)63(58,59)43(48,49)41(44,45)42(46,47)62(56,57)50-61(54,55)39-21-15-14-20-36(39)40-34-24-22-32(52(28(2)3)30-16-10-8-11-17-30)26-37(34)60-38-27-33(23-25-35(38)40)53(29(4)5)31-18-12-9-13-19-31/h8-29,50H,7H2,1-6H3/q+1. The largest absolute Gasteiger partial charge is 0.456 e. The maximum Gasteiger partial charge on any atom is 0.429 e. The lowest BCUT2D eigenvalue weighted by Crippen LogP contribution is -2.64. The van der Waals surface area contributed by atoms with Gasteiger partial charge >= 0.3 is 16.4 Å². The third-order valence-corrected chi connectivity index (χ3v) is 15.9. The summed E-state index contributed by atoms with van der Waals surface area (Å²) < 4.78 is 178. The van der Waals surface area contributed by atoms with E-state index in [0.717, 1.165) is 30.4 Å². The highest BCUT2D eigenvalue weighted by Gasteiger charge is 2.82. The normalized spacial score (nSPS) is 14.0. The minimum Gasteiger partial charge on any atom is -0.456 e. The number of fused-ring (bicyclic) bond motifs is 2. The SMILES string of the molecule is CCN(C)S(=O)(=O)C(F)(F)C(F)(F)C(F)(F)S(=O)(=O)NS(=O)(=O)c1ccccc1-c1c2cc/c(=[N+](\c3ccccc3)C(C)C)cc-2oc2cc(N(c3ccccc3)C(C)C)ccc12. The molecule has 4 aromatic carbocycles. The zero-order valence-electron chi connectivity index (χ0n) is 34.6. The van der Waals surface area contributed by atoms with E-state index in [4.69, 9.17) is 4.42 Å². The van der Waals surface area contributed by atoms with Crippen LogP contribution in [0.3, 0.4) is 0 Å². The minimum absolute atomic E-state index is 0.0756. The van der Waals surface area contributed by atoms with Crippen LogP contribution in [-0.2, 0) is 30.1 Å². The van der Waals surface area contributed by atoms with Crippen LogP contribution >= 0.6 is 0 Å². The summed E-state index contributed by atoms with van der Waals surface area (Å²) in [6.07, 6.45) is 0. The Bertz CT molecular complexity index is 3040. The first-order valence-electron chi connectivity index (χ1n) is 19.3. The molecule has 0 radical (unpaired) electrons. The molecule has 0 saturated carbocycles. The molecule has 1 N–H and O–H groups in total. The first kappa shape index (κ1) is 47.2. The van der Waals surface area contributed by atoms with Gasteiger partial charge in [0.05, 0.1) is 11.0 Å². The van der Waals surface area contributed by atoms with Crippen LogP contribution in [-0.4, -0.2) is 71.7 Å². The number of hydrogen-bond acceptors (Lipinski definition) is 8. The fourth-order valence-corrected chi connectivity index (χ4v) is 11.5. The predicted octanol–water partition coefficient (Wildman–Crippen LogP) is 8.97. The van der Waals surface area contributed by atoms with Crippen LogP contribution in [0.2, 0.25) is 0 Å². The average Bonchev–Trinajstić information content (AvgIpc) is 3.22. The van der Waals surface area contributed by atoms with E-state index in [1.807, 2.05) is 97.8 Å². The Balaban J connectivity index is 1.60. The van der Waals surface area contributed by atoms with Gasteiger partial charge in [0.25, 0.3) is 30.1 Å². The monoisotopic (exact) mass is 937 g/mol. The second-order valence-corrected chi connectivity index (χ2v) is 20.8. The first-order chi connectivity index (χ1) is 29.3. The van der Waals surface area contributed by atoms with Gasteiger partial charge in [0.15, 0.2) is 6.04 Å². The minimum atomic E-state index is -7.40. The Labute approximate surface area is 361 Å². The summed E-state index contributed by atoms with van der Waals surface area (Å²) in [6.45, 7) is 7.88. The van der Waals surface area contributed by atoms with Crippen molar-refractivity contribution in [3.05, 3.63) is 127 Å². The topological polar surface area (TPSA) is 137 Å². The van der Waals surface area contributed by atoms with Crippen molar-refractivity contribution < 1.29 is 56.0 Å². The molecule has 0 unspecified atom stereocenters. The quantitative estimate of drug-likeness (QED) is 0.0613. The number of nitrogens with one attached hydrogen (secondary N) is 1. The third kappa shape index (κ3) is 8.22. The van der Waals surface area contributed by atoms with Crippen LogP contribution in [0.4, 0.5) is 43.4 Å². The summed E-state index contributed by atoms with van der Waals surface area (Å²) in [6, 6.07) is 33.0. The first-order valence-corrected chi connectivity index (χ1v) is 23.7. The number of halogens is 6. The van der Waals surface area contributed by atoms with Gasteiger partial charge in [-0.25, -0.2) is 25.3 Å². The summed E-state index contributed by atoms with van der Waals surface area (Å²) in [5.74, 6) is -7.01. The van der Waals surface area contributed by atoms with Crippen molar-refractivity contribution in [2.75, 3.05) is 18.5 Å². The van der Waals surface area contributed by atoms with Gasteiger partial charge < -0.3 is 9.32 Å². The van der Waals surface area contributed by atoms with Gasteiger partial charge in [0.2, 0.25) is 11.0 Å². The highest BCUT2D eigenvalue weighted by molar-refractivity contribution is 8.05. The van der Waals surface area contributed by atoms with Crippen molar-refractivity contribution in [2.45, 2.75) is 68.0 Å². The van der Waals surface area contributed by atoms with Gasteiger partial charge in [0, 0.05) is 77.4 Å². The van der Waals surface area contributed by atoms with Crippen molar-refractivity contribution in [2.24, 2.45) is 0 Å². The van der Waals surface area contributed by atoms with E-state index < -0.39 is 57.9 Å². The van der Waals surface area contributed by atoms with Crippen molar-refractivity contribution in [1.82, 2.24) is 13.0 Å². The number of nitrogens with zero attached hydrogens (tertiary/aromatic N) is 3. The fraction of sp³-hybridized carbons (Fsp3) is 0.279. The van der Waals surface area contributed by atoms with E-state index in [1.165, 1.54) is 12.1 Å². The van der Waals surface area contributed by atoms with E-state index in [2.05, 4.69) is 0 Å². The number of alkyl halides is 6. The Morgan fingerprint density at radius 2 is 1.27 bits per heavy atom. The van der Waals surface area contributed by atoms with Crippen molar-refractivity contribution in [3.63, 3.8) is 0 Å². The van der Waals surface area contributed by atoms with E-state index in [1.54, 1.807) is 36.4 Å². The maximum absolute atomic E-state index is 15.4. The van der Waals surface area contributed by atoms with Crippen LogP contribution in [0.5, 0.6) is 0 Å². The van der Waals surface area contributed by atoms with E-state index >= 15 is 17.6 Å². The van der Waals surface area contributed by atoms with Crippen LogP contribution < -0.4 is 19.0 Å². The highest BCUT2D eigenvalue weighted by atomic mass is 32.3. The molecule has 63 heavy (non-hydrogen) atoms. The molecule has 0 bridgehead atoms. The van der Waals surface area contributed by atoms with Gasteiger partial charge in [-0.05, 0) is 64.1 Å². The number of hydrogen-bond donors (Lipinski definition) is 1. The Morgan fingerprint density at radius 1 is 0.683 bits per heavy atom. The molecule has 0 atom stereocenters. The molecule has 336 valence electrons.